The summed E-state index contributed by atoms with van der Waals surface area (Å²) < 4.78 is 23.4. The minimum atomic E-state index is 0.602. The molecule has 14 heteroatoms. The molecule has 10 heterocycles. The molecule has 0 atom stereocenters. The molecule has 0 aliphatic rings. The van der Waals surface area contributed by atoms with E-state index in [0.717, 1.165) is 134 Å². The lowest BCUT2D eigenvalue weighted by molar-refractivity contribution is 0.669. The third-order valence-electron chi connectivity index (χ3n) is 29.5. The van der Waals surface area contributed by atoms with Crippen molar-refractivity contribution in [1.82, 2.24) is 61.9 Å². The summed E-state index contributed by atoms with van der Waals surface area (Å²) in [5, 5.41) is 19.0. The molecule has 0 spiro atoms. The van der Waals surface area contributed by atoms with Crippen molar-refractivity contribution in [3.05, 3.63) is 491 Å². The predicted molar refractivity (Wildman–Crippen MR) is 600 cm³/mol. The Kier molecular flexibility index (Phi) is 18.4. The van der Waals surface area contributed by atoms with Crippen molar-refractivity contribution in [2.45, 2.75) is 0 Å². The largest absolute Gasteiger partial charge is 0.456 e. The maximum atomic E-state index is 6.50. The normalized spacial score (nSPS) is 12.0. The van der Waals surface area contributed by atoms with Gasteiger partial charge >= 0.3 is 0 Å². The SMILES string of the molecule is c1ccc(-c2nc(-c3ccccc3)nc(-c3ccc(-n4c5ccccc5c5cc(-n6c7ccc(-n8c9ccccc9c9ccccc98)cc7c7cc(-n8c9ccccc9c9ccccc98)ccc76)ccc54)cc3)n2)cc1.c1ccc(-c2nc(-c3ccccc3)nc(-c3ccc4oc5ccc(-n6c7ccccc7c7cc(-n8c9ccccc9c9cc(-n%10c%11ccccc%11c%11ccccc%11%10)ccc98)ccc76)cc5c4c3)n2)cc1. The first-order chi connectivity index (χ1) is 72.4. The standard InChI is InChI=1S/C69H43N7.C63H38N6O/c1-3-17-44(18-4-1)67-70-68(45-19-5-2-6-20-45)72-69(71-67)46-31-33-47(34-32-46)73-63-30-16-11-25-55(63)56-41-48(35-38-64(56)73)76-65-39-36-49(74-59-26-12-7-21-51(59)52-22-8-13-27-60(52)74)42-57(65)58-43-50(37-40-66(58)76)75-61-28-14-9-23-53(61)54-24-10-15-29-62(54)75;1-3-15-39(16-4-1)61-64-62(40-17-5-2-6-18-40)66-63(65-61)41-27-33-59-51(35-41)52-38-44(30-34-60(52)70-59)69-56-26-14-10-22-48(56)50-37-43(29-32-58(50)69)68-55-25-13-9-21-47(55)49-36-42(28-31-57(49)68)67-53-23-11-7-19-45(53)46-20-8-12-24-54(46)67/h1-43H;1-38H. The number of para-hydroxylation sites is 9. The van der Waals surface area contributed by atoms with E-state index in [-0.39, 0.29) is 0 Å². The second-order valence-corrected chi connectivity index (χ2v) is 37.6. The fourth-order valence-corrected chi connectivity index (χ4v) is 23.0. The Labute approximate surface area is 834 Å². The summed E-state index contributed by atoms with van der Waals surface area (Å²) in [6.07, 6.45) is 0. The van der Waals surface area contributed by atoms with Crippen LogP contribution in [0.2, 0.25) is 0 Å². The van der Waals surface area contributed by atoms with Gasteiger partial charge in [-0.1, -0.05) is 285 Å². The van der Waals surface area contributed by atoms with Crippen molar-refractivity contribution in [2.24, 2.45) is 0 Å². The number of rotatable bonds is 13. The van der Waals surface area contributed by atoms with E-state index in [1.807, 2.05) is 133 Å². The minimum absolute atomic E-state index is 0.602. The van der Waals surface area contributed by atoms with Crippen molar-refractivity contribution in [3.63, 3.8) is 0 Å². The molecule has 0 unspecified atom stereocenters. The Bertz CT molecular complexity index is 10400. The highest BCUT2D eigenvalue weighted by atomic mass is 16.3. The van der Waals surface area contributed by atoms with Gasteiger partial charge in [0.1, 0.15) is 11.2 Å². The van der Waals surface area contributed by atoms with E-state index >= 15 is 0 Å². The van der Waals surface area contributed by atoms with Gasteiger partial charge in [0.25, 0.3) is 0 Å². The molecule has 21 aromatic carbocycles. The van der Waals surface area contributed by atoms with Crippen molar-refractivity contribution in [1.29, 1.82) is 0 Å². The number of furan rings is 1. The van der Waals surface area contributed by atoms with Crippen LogP contribution in [-0.4, -0.2) is 61.9 Å². The van der Waals surface area contributed by atoms with Crippen LogP contribution in [0, 0.1) is 0 Å². The fourth-order valence-electron chi connectivity index (χ4n) is 23.0. The summed E-state index contributed by atoms with van der Waals surface area (Å²) in [7, 11) is 0. The van der Waals surface area contributed by atoms with Gasteiger partial charge in [0.15, 0.2) is 34.9 Å². The molecule has 0 radical (unpaired) electrons. The average Bonchev–Trinajstić information content (AvgIpc) is 1.56. The first kappa shape index (κ1) is 82.0. The van der Waals surface area contributed by atoms with Crippen molar-refractivity contribution in [2.75, 3.05) is 0 Å². The average molecular weight is 1870 g/mol. The fraction of sp³-hybridized carbons (Fsp3) is 0. The molecule has 31 rings (SSSR count). The van der Waals surface area contributed by atoms with E-state index in [0.29, 0.717) is 34.9 Å². The summed E-state index contributed by atoms with van der Waals surface area (Å²) in [6.45, 7) is 0. The van der Waals surface area contributed by atoms with Gasteiger partial charge in [0.05, 0.1) is 77.2 Å². The van der Waals surface area contributed by atoms with Crippen LogP contribution < -0.4 is 0 Å². The van der Waals surface area contributed by atoms with Crippen LogP contribution in [0.25, 0.3) is 283 Å². The Hall–Kier alpha value is -20.0. The van der Waals surface area contributed by atoms with E-state index in [1.165, 1.54) is 114 Å². The Morgan fingerprint density at radius 1 is 0.116 bits per heavy atom. The maximum absolute atomic E-state index is 6.50. The molecule has 0 bridgehead atoms. The van der Waals surface area contributed by atoms with E-state index in [1.54, 1.807) is 0 Å². The van der Waals surface area contributed by atoms with Crippen LogP contribution >= 0.6 is 0 Å². The lowest BCUT2D eigenvalue weighted by atomic mass is 10.1. The van der Waals surface area contributed by atoms with Crippen LogP contribution in [0.4, 0.5) is 0 Å². The molecule has 0 saturated heterocycles. The summed E-state index contributed by atoms with van der Waals surface area (Å²) in [5.74, 6) is 3.76. The Balaban J connectivity index is 0.000000136. The second-order valence-electron chi connectivity index (χ2n) is 37.6. The van der Waals surface area contributed by atoms with Crippen molar-refractivity contribution in [3.8, 4) is 108 Å². The molecular formula is C132H81N13O. The van der Waals surface area contributed by atoms with E-state index in [9.17, 15) is 0 Å². The minimum Gasteiger partial charge on any atom is -0.456 e. The smallest absolute Gasteiger partial charge is 0.164 e. The van der Waals surface area contributed by atoms with Gasteiger partial charge in [-0.15, -0.1) is 0 Å². The summed E-state index contributed by atoms with van der Waals surface area (Å²) in [4.78, 5) is 29.9. The van der Waals surface area contributed by atoms with E-state index in [2.05, 4.69) is 390 Å². The number of benzene rings is 21. The zero-order valence-electron chi connectivity index (χ0n) is 78.5. The Morgan fingerprint density at radius 2 is 0.281 bits per heavy atom. The van der Waals surface area contributed by atoms with E-state index < -0.39 is 0 Å². The lowest BCUT2D eigenvalue weighted by Gasteiger charge is -2.12. The molecule has 0 amide bonds. The van der Waals surface area contributed by atoms with Gasteiger partial charge in [-0.05, 0) is 206 Å². The second kappa shape index (κ2) is 32.8. The molecule has 680 valence electrons. The van der Waals surface area contributed by atoms with Crippen LogP contribution in [0.15, 0.2) is 496 Å². The highest BCUT2D eigenvalue weighted by Gasteiger charge is 2.27. The molecule has 14 nitrogen and oxygen atoms in total. The van der Waals surface area contributed by atoms with Crippen LogP contribution in [0.3, 0.4) is 0 Å². The Morgan fingerprint density at radius 3 is 0.541 bits per heavy atom. The third kappa shape index (κ3) is 13.0. The highest BCUT2D eigenvalue weighted by Crippen LogP contribution is 2.47. The number of hydrogen-bond acceptors (Lipinski definition) is 7. The van der Waals surface area contributed by atoms with Crippen molar-refractivity contribution >= 4 is 175 Å². The predicted octanol–water partition coefficient (Wildman–Crippen LogP) is 33.3. The molecule has 0 saturated carbocycles. The number of fused-ring (bicyclic) bond motifs is 24. The van der Waals surface area contributed by atoms with Crippen LogP contribution in [-0.2, 0) is 0 Å². The first-order valence-corrected chi connectivity index (χ1v) is 49.4. The molecule has 10 aromatic heterocycles. The molecule has 31 aromatic rings. The highest BCUT2D eigenvalue weighted by molar-refractivity contribution is 6.19. The molecule has 0 aliphatic heterocycles. The van der Waals surface area contributed by atoms with Crippen molar-refractivity contribution < 1.29 is 4.42 Å². The zero-order chi connectivity index (χ0) is 95.7. The molecule has 146 heavy (non-hydrogen) atoms. The molecule has 0 fully saturated rings. The zero-order valence-corrected chi connectivity index (χ0v) is 78.5. The van der Waals surface area contributed by atoms with Gasteiger partial charge < -0.3 is 36.4 Å². The number of hydrogen-bond donors (Lipinski definition) is 0. The number of aromatic nitrogens is 13. The maximum Gasteiger partial charge on any atom is 0.164 e. The van der Waals surface area contributed by atoms with Gasteiger partial charge in [-0.2, -0.15) is 0 Å². The van der Waals surface area contributed by atoms with Crippen LogP contribution in [0.1, 0.15) is 0 Å². The molecular weight excluding hydrogens is 1780 g/mol. The third-order valence-corrected chi connectivity index (χ3v) is 29.5. The van der Waals surface area contributed by atoms with Gasteiger partial charge in [-0.3, -0.25) is 0 Å². The lowest BCUT2D eigenvalue weighted by Crippen LogP contribution is -2.00. The monoisotopic (exact) mass is 1860 g/mol. The van der Waals surface area contributed by atoms with Crippen LogP contribution in [0.5, 0.6) is 0 Å². The first-order valence-electron chi connectivity index (χ1n) is 49.4. The summed E-state index contributed by atoms with van der Waals surface area (Å²) >= 11 is 0. The van der Waals surface area contributed by atoms with Gasteiger partial charge in [-0.25, -0.2) is 29.9 Å². The van der Waals surface area contributed by atoms with E-state index in [4.69, 9.17) is 34.3 Å². The summed E-state index contributed by atoms with van der Waals surface area (Å²) in [6, 6.07) is 175. The number of nitrogens with zero attached hydrogens (tertiary/aromatic N) is 13. The van der Waals surface area contributed by atoms with Gasteiger partial charge in [0.2, 0.25) is 0 Å². The molecule has 0 N–H and O–H groups in total. The molecule has 0 aliphatic carbocycles. The van der Waals surface area contributed by atoms with Gasteiger partial charge in [0, 0.05) is 159 Å². The topological polar surface area (TPSA) is 125 Å². The quantitative estimate of drug-likeness (QED) is 0.113. The summed E-state index contributed by atoms with van der Waals surface area (Å²) in [5.41, 5.74) is 31.2.